The van der Waals surface area contributed by atoms with Crippen molar-refractivity contribution in [1.29, 1.82) is 0 Å². The lowest BCUT2D eigenvalue weighted by Gasteiger charge is -1.93. The Kier molecular flexibility index (Phi) is 2.39. The van der Waals surface area contributed by atoms with Crippen LogP contribution in [0.3, 0.4) is 0 Å². The summed E-state index contributed by atoms with van der Waals surface area (Å²) < 4.78 is 0.377. The van der Waals surface area contributed by atoms with Gasteiger partial charge in [-0.3, -0.25) is 4.79 Å². The normalized spacial score (nSPS) is 9.90. The van der Waals surface area contributed by atoms with Crippen molar-refractivity contribution in [2.45, 2.75) is 0 Å². The van der Waals surface area contributed by atoms with Crippen molar-refractivity contribution in [2.24, 2.45) is 0 Å². The lowest BCUT2D eigenvalue weighted by atomic mass is 10.5. The van der Waals surface area contributed by atoms with Crippen LogP contribution in [0.25, 0.3) is 0 Å². The fraction of sp³-hybridized carbons (Fsp3) is 0. The number of rotatable bonds is 0. The van der Waals surface area contributed by atoms with Crippen molar-refractivity contribution in [2.75, 3.05) is 0 Å². The van der Waals surface area contributed by atoms with Gasteiger partial charge in [-0.1, -0.05) is 23.2 Å². The highest BCUT2D eigenvalue weighted by Gasteiger charge is 2.04. The van der Waals surface area contributed by atoms with Gasteiger partial charge in [-0.25, -0.2) is 0 Å². The largest absolute Gasteiger partial charge is 0.350 e. The zero-order chi connectivity index (χ0) is 7.72. The van der Waals surface area contributed by atoms with E-state index in [9.17, 15) is 4.79 Å². The molecule has 0 bridgehead atoms. The molecule has 0 saturated heterocycles. The molecule has 54 valence electrons. The van der Waals surface area contributed by atoms with E-state index in [0.29, 0.717) is 4.47 Å². The highest BCUT2D eigenvalue weighted by Crippen LogP contribution is 2.16. The van der Waals surface area contributed by atoms with Crippen LogP contribution in [0.4, 0.5) is 0 Å². The lowest BCUT2D eigenvalue weighted by molar-refractivity contribution is 1.28. The zero-order valence-corrected chi connectivity index (χ0v) is 7.72. The second-order valence-electron chi connectivity index (χ2n) is 1.59. The van der Waals surface area contributed by atoms with Gasteiger partial charge in [-0.2, -0.15) is 0 Å². The molecule has 0 aromatic carbocycles. The van der Waals surface area contributed by atoms with Crippen LogP contribution < -0.4 is 5.43 Å². The quantitative estimate of drug-likeness (QED) is 0.697. The molecular formula is C5H2BrCl2NO. The zero-order valence-electron chi connectivity index (χ0n) is 4.62. The van der Waals surface area contributed by atoms with Gasteiger partial charge in [0.2, 0.25) is 5.43 Å². The van der Waals surface area contributed by atoms with E-state index < -0.39 is 0 Å². The maximum Gasteiger partial charge on any atom is 0.215 e. The van der Waals surface area contributed by atoms with Crippen molar-refractivity contribution in [1.82, 2.24) is 4.98 Å². The summed E-state index contributed by atoms with van der Waals surface area (Å²) in [6.45, 7) is 0. The molecule has 1 N–H and O–H groups in total. The molecule has 0 unspecified atom stereocenters. The molecule has 1 rings (SSSR count). The first kappa shape index (κ1) is 8.11. The molecule has 0 aliphatic carbocycles. The Labute approximate surface area is 75.3 Å². The summed E-state index contributed by atoms with van der Waals surface area (Å²) >= 11 is 13.9. The van der Waals surface area contributed by atoms with Crippen LogP contribution in [-0.4, -0.2) is 4.98 Å². The minimum Gasteiger partial charge on any atom is -0.350 e. The molecule has 10 heavy (non-hydrogen) atoms. The van der Waals surface area contributed by atoms with Crippen molar-refractivity contribution in [3.05, 3.63) is 31.1 Å². The third-order valence-corrected chi connectivity index (χ3v) is 2.28. The summed E-state index contributed by atoms with van der Waals surface area (Å²) in [6.07, 6.45) is 1.44. The molecular weight excluding hydrogens is 241 g/mol. The Bertz CT molecular complexity index is 309. The van der Waals surface area contributed by atoms with E-state index in [1.54, 1.807) is 0 Å². The highest BCUT2D eigenvalue weighted by atomic mass is 79.9. The molecule has 5 heteroatoms. The summed E-state index contributed by atoms with van der Waals surface area (Å²) in [5.41, 5.74) is -0.301. The van der Waals surface area contributed by atoms with Crippen LogP contribution in [-0.2, 0) is 0 Å². The predicted octanol–water partition coefficient (Wildman–Crippen LogP) is 2.44. The minimum atomic E-state index is -0.301. The number of halogens is 3. The molecule has 1 aromatic heterocycles. The van der Waals surface area contributed by atoms with Gasteiger partial charge in [0, 0.05) is 6.20 Å². The van der Waals surface area contributed by atoms with Crippen molar-refractivity contribution < 1.29 is 0 Å². The summed E-state index contributed by atoms with van der Waals surface area (Å²) in [5.74, 6) is 0. The summed E-state index contributed by atoms with van der Waals surface area (Å²) in [6, 6.07) is 0. The first-order chi connectivity index (χ1) is 4.63. The summed E-state index contributed by atoms with van der Waals surface area (Å²) in [5, 5.41) is 0.172. The fourth-order valence-electron chi connectivity index (χ4n) is 0.460. The van der Waals surface area contributed by atoms with Crippen LogP contribution in [0, 0.1) is 0 Å². The van der Waals surface area contributed by atoms with E-state index in [4.69, 9.17) is 23.2 Å². The van der Waals surface area contributed by atoms with Gasteiger partial charge in [0.05, 0.1) is 4.47 Å². The Morgan fingerprint density at radius 1 is 1.50 bits per heavy atom. The van der Waals surface area contributed by atoms with Crippen molar-refractivity contribution in [3.8, 4) is 0 Å². The summed E-state index contributed by atoms with van der Waals surface area (Å²) in [4.78, 5) is 13.5. The van der Waals surface area contributed by atoms with E-state index in [0.717, 1.165) is 0 Å². The van der Waals surface area contributed by atoms with E-state index in [-0.39, 0.29) is 15.6 Å². The van der Waals surface area contributed by atoms with Gasteiger partial charge in [-0.05, 0) is 15.9 Å². The second kappa shape index (κ2) is 2.95. The monoisotopic (exact) mass is 241 g/mol. The molecule has 2 nitrogen and oxygen atoms in total. The molecule has 1 aromatic rings. The second-order valence-corrected chi connectivity index (χ2v) is 3.20. The van der Waals surface area contributed by atoms with Crippen LogP contribution in [0.2, 0.25) is 10.2 Å². The number of pyridine rings is 1. The standard InChI is InChI=1S/C5H2BrCl2NO/c6-2-1-9-5(8)3(7)4(2)10/h1H,(H,9,10). The molecule has 0 saturated carbocycles. The Morgan fingerprint density at radius 3 is 2.60 bits per heavy atom. The van der Waals surface area contributed by atoms with E-state index in [1.807, 2.05) is 0 Å². The van der Waals surface area contributed by atoms with Gasteiger partial charge < -0.3 is 4.98 Å². The molecule has 0 amide bonds. The van der Waals surface area contributed by atoms with Gasteiger partial charge in [-0.15, -0.1) is 0 Å². The SMILES string of the molecule is O=c1c(Br)c[nH]c(Cl)c1Cl. The van der Waals surface area contributed by atoms with Crippen LogP contribution in [0.15, 0.2) is 15.5 Å². The third kappa shape index (κ3) is 1.36. The van der Waals surface area contributed by atoms with E-state index in [1.165, 1.54) is 6.20 Å². The number of hydrogen-bond donors (Lipinski definition) is 1. The first-order valence-electron chi connectivity index (χ1n) is 2.35. The molecule has 0 atom stereocenters. The maximum absolute atomic E-state index is 10.9. The molecule has 0 aliphatic heterocycles. The molecule has 1 heterocycles. The fourth-order valence-corrected chi connectivity index (χ4v) is 1.18. The molecule has 0 radical (unpaired) electrons. The van der Waals surface area contributed by atoms with Crippen LogP contribution in [0.5, 0.6) is 0 Å². The van der Waals surface area contributed by atoms with Crippen LogP contribution >= 0.6 is 39.1 Å². The molecule has 0 fully saturated rings. The van der Waals surface area contributed by atoms with Gasteiger partial charge in [0.15, 0.2) is 0 Å². The van der Waals surface area contributed by atoms with Gasteiger partial charge >= 0.3 is 0 Å². The number of aromatic nitrogens is 1. The number of H-pyrrole nitrogens is 1. The van der Waals surface area contributed by atoms with Crippen LogP contribution in [0.1, 0.15) is 0 Å². The third-order valence-electron chi connectivity index (χ3n) is 0.935. The average Bonchev–Trinajstić information content (AvgIpc) is 1.93. The highest BCUT2D eigenvalue weighted by molar-refractivity contribution is 9.10. The first-order valence-corrected chi connectivity index (χ1v) is 3.90. The summed E-state index contributed by atoms with van der Waals surface area (Å²) in [7, 11) is 0. The van der Waals surface area contributed by atoms with Crippen molar-refractivity contribution in [3.63, 3.8) is 0 Å². The Hall–Kier alpha value is 0.01000. The predicted molar refractivity (Wildman–Crippen MR) is 44.8 cm³/mol. The average molecular weight is 243 g/mol. The topological polar surface area (TPSA) is 32.9 Å². The molecule has 0 aliphatic rings. The van der Waals surface area contributed by atoms with E-state index in [2.05, 4.69) is 20.9 Å². The van der Waals surface area contributed by atoms with Crippen molar-refractivity contribution >= 4 is 39.1 Å². The van der Waals surface area contributed by atoms with E-state index >= 15 is 0 Å². The maximum atomic E-state index is 10.9. The van der Waals surface area contributed by atoms with Gasteiger partial charge in [0.1, 0.15) is 10.2 Å². The molecule has 0 spiro atoms. The lowest BCUT2D eigenvalue weighted by Crippen LogP contribution is -2.03. The Morgan fingerprint density at radius 2 is 2.10 bits per heavy atom. The Balaban J connectivity index is 3.50. The number of aromatic amines is 1. The minimum absolute atomic E-state index is 0.0102. The smallest absolute Gasteiger partial charge is 0.215 e. The number of nitrogens with one attached hydrogen (secondary N) is 1. The van der Waals surface area contributed by atoms with Gasteiger partial charge in [0.25, 0.3) is 0 Å². The number of hydrogen-bond acceptors (Lipinski definition) is 1.